The first-order valence-corrected chi connectivity index (χ1v) is 10.3. The maximum absolute atomic E-state index is 13.9. The molecular weight excluding hydrogens is 393 g/mol. The first-order chi connectivity index (χ1) is 14.2. The minimum absolute atomic E-state index is 0.112. The van der Waals surface area contributed by atoms with Crippen LogP contribution in [0, 0.1) is 5.82 Å². The van der Waals surface area contributed by atoms with Crippen molar-refractivity contribution in [2.45, 2.75) is 30.1 Å². The fourth-order valence-electron chi connectivity index (χ4n) is 2.84. The molecule has 7 nitrogen and oxygen atoms in total. The molecule has 0 aliphatic heterocycles. The third kappa shape index (κ3) is 5.11. The Bertz CT molecular complexity index is 964. The lowest BCUT2D eigenvalue weighted by molar-refractivity contribution is -0.119. The predicted molar refractivity (Wildman–Crippen MR) is 106 cm³/mol. The number of para-hydroxylation sites is 1. The second kappa shape index (κ2) is 9.04. The first kappa shape index (κ1) is 19.4. The van der Waals surface area contributed by atoms with Gasteiger partial charge in [-0.05, 0) is 41.0 Å². The van der Waals surface area contributed by atoms with E-state index in [2.05, 4.69) is 20.8 Å². The molecule has 1 aliphatic rings. The number of benzene rings is 2. The summed E-state index contributed by atoms with van der Waals surface area (Å²) in [7, 11) is 0. The number of tetrazole rings is 1. The number of rotatable bonds is 9. The van der Waals surface area contributed by atoms with E-state index < -0.39 is 11.9 Å². The minimum atomic E-state index is -0.437. The summed E-state index contributed by atoms with van der Waals surface area (Å²) < 4.78 is 21.3. The van der Waals surface area contributed by atoms with E-state index in [1.165, 1.54) is 17.8 Å². The highest BCUT2D eigenvalue weighted by Crippen LogP contribution is 2.36. The molecule has 0 radical (unpaired) electrons. The molecule has 0 spiro atoms. The Morgan fingerprint density at radius 1 is 1.21 bits per heavy atom. The summed E-state index contributed by atoms with van der Waals surface area (Å²) in [5.74, 6) is -0.282. The van der Waals surface area contributed by atoms with Crippen molar-refractivity contribution in [3.05, 3.63) is 66.0 Å². The number of aromatic nitrogens is 4. The highest BCUT2D eigenvalue weighted by Gasteiger charge is 2.28. The zero-order valence-corrected chi connectivity index (χ0v) is 16.4. The Hall–Kier alpha value is -2.94. The Morgan fingerprint density at radius 3 is 2.72 bits per heavy atom. The molecule has 0 bridgehead atoms. The normalized spacial score (nSPS) is 14.4. The van der Waals surface area contributed by atoms with Crippen molar-refractivity contribution in [2.75, 3.05) is 12.4 Å². The van der Waals surface area contributed by atoms with E-state index >= 15 is 0 Å². The minimum Gasteiger partial charge on any atom is -0.488 e. The van der Waals surface area contributed by atoms with E-state index in [4.69, 9.17) is 4.74 Å². The van der Waals surface area contributed by atoms with Gasteiger partial charge in [-0.3, -0.25) is 4.79 Å². The van der Waals surface area contributed by atoms with Crippen LogP contribution in [0.4, 0.5) is 4.39 Å². The molecular formula is C20H20FN5O2S. The van der Waals surface area contributed by atoms with Crippen molar-refractivity contribution in [1.29, 1.82) is 0 Å². The second-order valence-corrected chi connectivity index (χ2v) is 7.64. The SMILES string of the molecule is O=C(CSc1nnnn1C1CC1)NC(COc1ccccc1F)c1ccccc1. The fraction of sp³-hybridized carbons (Fsp3) is 0.300. The Balaban J connectivity index is 1.38. The smallest absolute Gasteiger partial charge is 0.231 e. The van der Waals surface area contributed by atoms with Gasteiger partial charge in [0.1, 0.15) is 6.61 Å². The summed E-state index contributed by atoms with van der Waals surface area (Å²) in [6.45, 7) is 0.112. The number of nitrogens with one attached hydrogen (secondary N) is 1. The van der Waals surface area contributed by atoms with Crippen LogP contribution >= 0.6 is 11.8 Å². The van der Waals surface area contributed by atoms with Crippen LogP contribution in [-0.4, -0.2) is 38.5 Å². The fourth-order valence-corrected chi connectivity index (χ4v) is 3.59. The van der Waals surface area contributed by atoms with Gasteiger partial charge in [0, 0.05) is 0 Å². The number of carbonyl (C=O) groups excluding carboxylic acids is 1. The highest BCUT2D eigenvalue weighted by molar-refractivity contribution is 7.99. The van der Waals surface area contributed by atoms with Crippen molar-refractivity contribution < 1.29 is 13.9 Å². The molecule has 3 aromatic rings. The number of halogens is 1. The second-order valence-electron chi connectivity index (χ2n) is 6.70. The van der Waals surface area contributed by atoms with Gasteiger partial charge in [0.25, 0.3) is 0 Å². The van der Waals surface area contributed by atoms with Crippen LogP contribution < -0.4 is 10.1 Å². The number of amides is 1. The van der Waals surface area contributed by atoms with Crippen LogP contribution in [0.25, 0.3) is 0 Å². The molecule has 2 aromatic carbocycles. The molecule has 1 aromatic heterocycles. The topological polar surface area (TPSA) is 81.9 Å². The molecule has 0 saturated heterocycles. The lowest BCUT2D eigenvalue weighted by Crippen LogP contribution is -2.33. The molecule has 1 atom stereocenters. The molecule has 1 saturated carbocycles. The van der Waals surface area contributed by atoms with Crippen molar-refractivity contribution in [1.82, 2.24) is 25.5 Å². The molecule has 29 heavy (non-hydrogen) atoms. The monoisotopic (exact) mass is 413 g/mol. The summed E-state index contributed by atoms with van der Waals surface area (Å²) in [4.78, 5) is 12.6. The molecule has 1 amide bonds. The number of hydrogen-bond donors (Lipinski definition) is 1. The lowest BCUT2D eigenvalue weighted by atomic mass is 10.1. The predicted octanol–water partition coefficient (Wildman–Crippen LogP) is 3.18. The molecule has 1 unspecified atom stereocenters. The van der Waals surface area contributed by atoms with Gasteiger partial charge in [-0.15, -0.1) is 5.10 Å². The van der Waals surface area contributed by atoms with E-state index in [-0.39, 0.29) is 24.0 Å². The molecule has 1 fully saturated rings. The van der Waals surface area contributed by atoms with E-state index in [0.717, 1.165) is 18.4 Å². The Kier molecular flexibility index (Phi) is 6.04. The van der Waals surface area contributed by atoms with Crippen LogP contribution in [0.2, 0.25) is 0 Å². The van der Waals surface area contributed by atoms with Crippen LogP contribution in [0.15, 0.2) is 59.8 Å². The number of hydrogen-bond acceptors (Lipinski definition) is 6. The molecule has 1 heterocycles. The summed E-state index contributed by atoms with van der Waals surface area (Å²) >= 11 is 1.30. The van der Waals surface area contributed by atoms with Gasteiger partial charge in [0.15, 0.2) is 11.6 Å². The third-order valence-electron chi connectivity index (χ3n) is 4.47. The van der Waals surface area contributed by atoms with Gasteiger partial charge >= 0.3 is 0 Å². The largest absolute Gasteiger partial charge is 0.488 e. The molecule has 1 aliphatic carbocycles. The lowest BCUT2D eigenvalue weighted by Gasteiger charge is -2.20. The molecule has 1 N–H and O–H groups in total. The van der Waals surface area contributed by atoms with Crippen LogP contribution in [0.3, 0.4) is 0 Å². The molecule has 9 heteroatoms. The van der Waals surface area contributed by atoms with Gasteiger partial charge in [-0.25, -0.2) is 9.07 Å². The summed E-state index contributed by atoms with van der Waals surface area (Å²) in [6, 6.07) is 15.6. The van der Waals surface area contributed by atoms with Gasteiger partial charge in [-0.1, -0.05) is 54.2 Å². The number of carbonyl (C=O) groups is 1. The molecule has 150 valence electrons. The summed E-state index contributed by atoms with van der Waals surface area (Å²) in [5.41, 5.74) is 0.880. The average Bonchev–Trinajstić information content (AvgIpc) is 3.48. The van der Waals surface area contributed by atoms with E-state index in [9.17, 15) is 9.18 Å². The van der Waals surface area contributed by atoms with E-state index in [0.29, 0.717) is 11.2 Å². The van der Waals surface area contributed by atoms with Gasteiger partial charge in [0.2, 0.25) is 11.1 Å². The highest BCUT2D eigenvalue weighted by atomic mass is 32.2. The molecule has 4 rings (SSSR count). The Morgan fingerprint density at radius 2 is 1.97 bits per heavy atom. The van der Waals surface area contributed by atoms with Gasteiger partial charge in [-0.2, -0.15) is 0 Å². The van der Waals surface area contributed by atoms with Crippen molar-refractivity contribution in [3.63, 3.8) is 0 Å². The van der Waals surface area contributed by atoms with Gasteiger partial charge < -0.3 is 10.1 Å². The average molecular weight is 413 g/mol. The standard InChI is InChI=1S/C20H20FN5O2S/c21-16-8-4-5-9-18(16)28-12-17(14-6-2-1-3-7-14)22-19(27)13-29-20-23-24-25-26(20)15-10-11-15/h1-9,15,17H,10-13H2,(H,22,27). The van der Waals surface area contributed by atoms with Crippen LogP contribution in [0.5, 0.6) is 5.75 Å². The third-order valence-corrected chi connectivity index (χ3v) is 5.40. The zero-order chi connectivity index (χ0) is 20.1. The number of nitrogens with zero attached hydrogens (tertiary/aromatic N) is 4. The first-order valence-electron chi connectivity index (χ1n) is 9.33. The van der Waals surface area contributed by atoms with Gasteiger partial charge in [0.05, 0.1) is 17.8 Å². The Labute approximate surface area is 171 Å². The van der Waals surface area contributed by atoms with E-state index in [1.807, 2.05) is 30.3 Å². The quantitative estimate of drug-likeness (QED) is 0.543. The number of ether oxygens (including phenoxy) is 1. The summed E-state index contributed by atoms with van der Waals surface area (Å²) in [5, 5.41) is 15.3. The van der Waals surface area contributed by atoms with Crippen LogP contribution in [-0.2, 0) is 4.79 Å². The number of thioether (sulfide) groups is 1. The maximum atomic E-state index is 13.9. The maximum Gasteiger partial charge on any atom is 0.231 e. The van der Waals surface area contributed by atoms with E-state index in [1.54, 1.807) is 22.9 Å². The van der Waals surface area contributed by atoms with Crippen molar-refractivity contribution >= 4 is 17.7 Å². The zero-order valence-electron chi connectivity index (χ0n) is 15.6. The summed E-state index contributed by atoms with van der Waals surface area (Å²) in [6.07, 6.45) is 2.13. The van der Waals surface area contributed by atoms with Crippen molar-refractivity contribution in [3.8, 4) is 5.75 Å². The van der Waals surface area contributed by atoms with Crippen molar-refractivity contribution in [2.24, 2.45) is 0 Å². The van der Waals surface area contributed by atoms with Crippen LogP contribution in [0.1, 0.15) is 30.5 Å².